The highest BCUT2D eigenvalue weighted by molar-refractivity contribution is 9.09. The van der Waals surface area contributed by atoms with Gasteiger partial charge in [0.25, 0.3) is 0 Å². The maximum Gasteiger partial charge on any atom is 0.0612 e. The maximum atomic E-state index is 5.68. The zero-order valence-corrected chi connectivity index (χ0v) is 9.65. The van der Waals surface area contributed by atoms with Gasteiger partial charge in [0.05, 0.1) is 6.10 Å². The molecule has 2 aliphatic rings. The van der Waals surface area contributed by atoms with Crippen LogP contribution in [0.4, 0.5) is 0 Å². The Morgan fingerprint density at radius 1 is 1.50 bits per heavy atom. The van der Waals surface area contributed by atoms with Crippen molar-refractivity contribution in [2.75, 3.05) is 11.9 Å². The summed E-state index contributed by atoms with van der Waals surface area (Å²) in [5, 5.41) is 1.13. The van der Waals surface area contributed by atoms with Crippen molar-refractivity contribution in [1.29, 1.82) is 0 Å². The second-order valence-corrected chi connectivity index (χ2v) is 5.38. The molecule has 0 aromatic carbocycles. The van der Waals surface area contributed by atoms with E-state index in [9.17, 15) is 0 Å². The first kappa shape index (κ1) is 9.01. The predicted octanol–water partition coefficient (Wildman–Crippen LogP) is 2.83. The smallest absolute Gasteiger partial charge is 0.0612 e. The minimum atomic E-state index is 0.468. The summed E-state index contributed by atoms with van der Waals surface area (Å²) in [4.78, 5) is 0. The monoisotopic (exact) mass is 232 g/mol. The number of ether oxygens (including phenoxy) is 1. The van der Waals surface area contributed by atoms with Gasteiger partial charge in [0.15, 0.2) is 0 Å². The average molecular weight is 233 g/mol. The molecule has 3 atom stereocenters. The zero-order chi connectivity index (χ0) is 8.98. The van der Waals surface area contributed by atoms with Gasteiger partial charge in [-0.25, -0.2) is 0 Å². The largest absolute Gasteiger partial charge is 0.378 e. The van der Waals surface area contributed by atoms with Crippen molar-refractivity contribution in [3.63, 3.8) is 0 Å². The molecular formula is C10H17BrO. The van der Waals surface area contributed by atoms with Crippen molar-refractivity contribution in [3.8, 4) is 0 Å². The van der Waals surface area contributed by atoms with Crippen LogP contribution in [-0.2, 0) is 4.74 Å². The Morgan fingerprint density at radius 3 is 2.50 bits per heavy atom. The van der Waals surface area contributed by atoms with E-state index in [0.717, 1.165) is 17.9 Å². The lowest BCUT2D eigenvalue weighted by molar-refractivity contribution is 0.0875. The molecule has 0 N–H and O–H groups in total. The molecule has 12 heavy (non-hydrogen) atoms. The number of hydrogen-bond acceptors (Lipinski definition) is 1. The van der Waals surface area contributed by atoms with Gasteiger partial charge in [0.1, 0.15) is 0 Å². The predicted molar refractivity (Wildman–Crippen MR) is 53.5 cm³/mol. The van der Waals surface area contributed by atoms with E-state index >= 15 is 0 Å². The van der Waals surface area contributed by atoms with Crippen LogP contribution in [0.1, 0.15) is 27.2 Å². The highest BCUT2D eigenvalue weighted by Crippen LogP contribution is 2.74. The molecule has 2 heteroatoms. The number of halogens is 1. The molecule has 1 spiro atoms. The zero-order valence-electron chi connectivity index (χ0n) is 8.06. The Labute approximate surface area is 83.0 Å². The van der Waals surface area contributed by atoms with Crippen LogP contribution in [0.5, 0.6) is 0 Å². The van der Waals surface area contributed by atoms with Crippen molar-refractivity contribution in [2.24, 2.45) is 16.7 Å². The molecule has 2 rings (SSSR count). The molecule has 1 aliphatic heterocycles. The standard InChI is InChI=1S/C10H17BrO/c1-7-10(4-5-12-7)8(6-11)9(10,2)3/h7-8H,4-6H2,1-3H3. The normalized spacial score (nSPS) is 50.0. The molecule has 3 unspecified atom stereocenters. The third kappa shape index (κ3) is 0.784. The van der Waals surface area contributed by atoms with Crippen LogP contribution in [0, 0.1) is 16.7 Å². The summed E-state index contributed by atoms with van der Waals surface area (Å²) in [5.74, 6) is 0.822. The van der Waals surface area contributed by atoms with Crippen LogP contribution in [-0.4, -0.2) is 18.0 Å². The molecule has 2 fully saturated rings. The molecule has 1 saturated carbocycles. The van der Waals surface area contributed by atoms with E-state index in [1.807, 2.05) is 0 Å². The second-order valence-electron chi connectivity index (χ2n) is 4.73. The van der Waals surface area contributed by atoms with E-state index in [1.54, 1.807) is 0 Å². The van der Waals surface area contributed by atoms with Crippen molar-refractivity contribution >= 4 is 15.9 Å². The van der Waals surface area contributed by atoms with Gasteiger partial charge in [-0.2, -0.15) is 0 Å². The van der Waals surface area contributed by atoms with Crippen molar-refractivity contribution in [3.05, 3.63) is 0 Å². The van der Waals surface area contributed by atoms with Crippen LogP contribution in [0.25, 0.3) is 0 Å². The lowest BCUT2D eigenvalue weighted by Gasteiger charge is -2.17. The fourth-order valence-corrected chi connectivity index (χ4v) is 4.78. The van der Waals surface area contributed by atoms with Gasteiger partial charge in [0.2, 0.25) is 0 Å². The summed E-state index contributed by atoms with van der Waals surface area (Å²) in [6, 6.07) is 0. The first-order valence-corrected chi connectivity index (χ1v) is 5.87. The summed E-state index contributed by atoms with van der Waals surface area (Å²) in [6.45, 7) is 7.96. The lowest BCUT2D eigenvalue weighted by atomic mass is 9.89. The molecule has 0 aromatic heterocycles. The Bertz CT molecular complexity index is 202. The van der Waals surface area contributed by atoms with Gasteiger partial charge in [-0.1, -0.05) is 29.8 Å². The second kappa shape index (κ2) is 2.48. The van der Waals surface area contributed by atoms with Gasteiger partial charge < -0.3 is 4.74 Å². The Balaban J connectivity index is 2.24. The third-order valence-electron chi connectivity index (χ3n) is 4.37. The Hall–Kier alpha value is 0.440. The van der Waals surface area contributed by atoms with E-state index in [4.69, 9.17) is 4.74 Å². The average Bonchev–Trinajstić information content (AvgIpc) is 2.33. The summed E-state index contributed by atoms with van der Waals surface area (Å²) in [6.07, 6.45) is 1.73. The van der Waals surface area contributed by atoms with Gasteiger partial charge in [0, 0.05) is 17.4 Å². The molecular weight excluding hydrogens is 216 g/mol. The SMILES string of the molecule is CC1OCCC12C(CBr)C2(C)C. The molecule has 1 saturated heterocycles. The van der Waals surface area contributed by atoms with Crippen LogP contribution in [0.2, 0.25) is 0 Å². The van der Waals surface area contributed by atoms with Gasteiger partial charge in [-0.05, 0) is 24.7 Å². The van der Waals surface area contributed by atoms with E-state index in [2.05, 4.69) is 36.7 Å². The van der Waals surface area contributed by atoms with Gasteiger partial charge in [-0.15, -0.1) is 0 Å². The number of hydrogen-bond donors (Lipinski definition) is 0. The number of rotatable bonds is 1. The van der Waals surface area contributed by atoms with E-state index in [-0.39, 0.29) is 0 Å². The van der Waals surface area contributed by atoms with Crippen molar-refractivity contribution in [1.82, 2.24) is 0 Å². The number of alkyl halides is 1. The quantitative estimate of drug-likeness (QED) is 0.633. The molecule has 0 amide bonds. The molecule has 70 valence electrons. The minimum absolute atomic E-state index is 0.468. The molecule has 1 heterocycles. The fraction of sp³-hybridized carbons (Fsp3) is 1.00. The summed E-state index contributed by atoms with van der Waals surface area (Å²) in [7, 11) is 0. The fourth-order valence-electron chi connectivity index (χ4n) is 3.39. The van der Waals surface area contributed by atoms with Crippen LogP contribution in [0.3, 0.4) is 0 Å². The Morgan fingerprint density at radius 2 is 2.17 bits per heavy atom. The summed E-state index contributed by atoms with van der Waals surface area (Å²) in [5.41, 5.74) is 0.989. The van der Waals surface area contributed by atoms with Crippen LogP contribution < -0.4 is 0 Å². The van der Waals surface area contributed by atoms with Crippen molar-refractivity contribution < 1.29 is 4.74 Å². The minimum Gasteiger partial charge on any atom is -0.378 e. The third-order valence-corrected chi connectivity index (χ3v) is 5.02. The summed E-state index contributed by atoms with van der Waals surface area (Å²) < 4.78 is 5.68. The van der Waals surface area contributed by atoms with Gasteiger partial charge >= 0.3 is 0 Å². The topological polar surface area (TPSA) is 9.23 Å². The van der Waals surface area contributed by atoms with Crippen molar-refractivity contribution in [2.45, 2.75) is 33.3 Å². The molecule has 1 aliphatic carbocycles. The first-order valence-electron chi connectivity index (χ1n) is 4.75. The summed E-state index contributed by atoms with van der Waals surface area (Å²) >= 11 is 3.61. The van der Waals surface area contributed by atoms with Crippen LogP contribution >= 0.6 is 15.9 Å². The van der Waals surface area contributed by atoms with E-state index in [1.165, 1.54) is 6.42 Å². The highest BCUT2D eigenvalue weighted by atomic mass is 79.9. The maximum absolute atomic E-state index is 5.68. The van der Waals surface area contributed by atoms with E-state index < -0.39 is 0 Å². The Kier molecular flexibility index (Phi) is 1.86. The molecule has 0 aromatic rings. The van der Waals surface area contributed by atoms with Gasteiger partial charge in [-0.3, -0.25) is 0 Å². The molecule has 0 bridgehead atoms. The first-order chi connectivity index (χ1) is 5.57. The lowest BCUT2D eigenvalue weighted by Crippen LogP contribution is -2.18. The highest BCUT2D eigenvalue weighted by Gasteiger charge is 2.73. The van der Waals surface area contributed by atoms with E-state index in [0.29, 0.717) is 16.9 Å². The van der Waals surface area contributed by atoms with Crippen LogP contribution in [0.15, 0.2) is 0 Å². The molecule has 1 nitrogen and oxygen atoms in total. The molecule has 0 radical (unpaired) electrons.